The molecule has 2 aromatic rings. The molecule has 174 valence electrons. The first-order chi connectivity index (χ1) is 15.6. The summed E-state index contributed by atoms with van der Waals surface area (Å²) in [6.45, 7) is 9.12. The minimum Gasteiger partial charge on any atom is -0.497 e. The smallest absolute Gasteiger partial charge is 0.408 e. The van der Waals surface area contributed by atoms with Crippen LogP contribution in [0, 0.1) is 23.7 Å². The monoisotopic (exact) mass is 449 g/mol. The molecule has 8 heteroatoms. The van der Waals surface area contributed by atoms with Crippen LogP contribution in [0.5, 0.6) is 5.75 Å². The molecule has 1 aliphatic carbocycles. The van der Waals surface area contributed by atoms with E-state index < -0.39 is 6.09 Å². The number of nitrogens with zero attached hydrogens (tertiary/aromatic N) is 4. The number of ether oxygens (including phenoxy) is 2. The van der Waals surface area contributed by atoms with Gasteiger partial charge in [0.2, 0.25) is 5.95 Å². The number of hydrogen-bond donors (Lipinski definition) is 1. The highest BCUT2D eigenvalue weighted by Crippen LogP contribution is 2.54. The van der Waals surface area contributed by atoms with Crippen LogP contribution in [0.1, 0.15) is 62.2 Å². The third kappa shape index (κ3) is 4.72. The maximum atomic E-state index is 12.8. The number of carbonyl (C=O) groups excluding carboxylic acids is 1. The summed E-state index contributed by atoms with van der Waals surface area (Å²) >= 11 is 0. The summed E-state index contributed by atoms with van der Waals surface area (Å²) in [5, 5.41) is 12.2. The van der Waals surface area contributed by atoms with E-state index in [1.807, 2.05) is 39.8 Å². The van der Waals surface area contributed by atoms with E-state index in [1.165, 1.54) is 5.56 Å². The summed E-state index contributed by atoms with van der Waals surface area (Å²) in [5.74, 6) is 1.34. The van der Waals surface area contributed by atoms with E-state index in [-0.39, 0.29) is 17.1 Å². The van der Waals surface area contributed by atoms with Crippen molar-refractivity contribution >= 4 is 12.0 Å². The lowest BCUT2D eigenvalue weighted by Gasteiger charge is -2.42. The fourth-order valence-electron chi connectivity index (χ4n) is 4.88. The number of aryl methyl sites for hydroxylation is 1. The van der Waals surface area contributed by atoms with Gasteiger partial charge in [0.25, 0.3) is 0 Å². The van der Waals surface area contributed by atoms with Gasteiger partial charge in [-0.2, -0.15) is 5.26 Å². The van der Waals surface area contributed by atoms with Crippen LogP contribution in [0.15, 0.2) is 24.3 Å². The molecule has 1 spiro atoms. The van der Waals surface area contributed by atoms with Crippen molar-refractivity contribution in [2.75, 3.05) is 25.1 Å². The number of benzene rings is 1. The number of rotatable bonds is 3. The van der Waals surface area contributed by atoms with Gasteiger partial charge in [0.15, 0.2) is 0 Å². The molecule has 1 saturated heterocycles. The number of carbonyl (C=O) groups is 1. The number of nitriles is 1. The maximum Gasteiger partial charge on any atom is 0.408 e. The van der Waals surface area contributed by atoms with E-state index >= 15 is 0 Å². The van der Waals surface area contributed by atoms with Gasteiger partial charge in [-0.3, -0.25) is 0 Å². The van der Waals surface area contributed by atoms with Gasteiger partial charge >= 0.3 is 6.09 Å². The number of amides is 1. The van der Waals surface area contributed by atoms with Gasteiger partial charge in [-0.05, 0) is 76.3 Å². The lowest BCUT2D eigenvalue weighted by atomic mass is 9.74. The first-order valence-electron chi connectivity index (χ1n) is 11.3. The molecular formula is C25H31N5O3. The predicted octanol–water partition coefficient (Wildman–Crippen LogP) is 4.07. The Morgan fingerprint density at radius 2 is 1.97 bits per heavy atom. The second kappa shape index (κ2) is 8.54. The van der Waals surface area contributed by atoms with Gasteiger partial charge in [0.05, 0.1) is 7.11 Å². The van der Waals surface area contributed by atoms with E-state index in [4.69, 9.17) is 9.47 Å². The second-order valence-electron chi connectivity index (χ2n) is 10.1. The molecule has 1 aliphatic heterocycles. The van der Waals surface area contributed by atoms with Crippen LogP contribution in [0.2, 0.25) is 0 Å². The molecule has 1 N–H and O–H groups in total. The number of aromatic nitrogens is 2. The van der Waals surface area contributed by atoms with Crippen molar-refractivity contribution in [2.45, 2.75) is 58.6 Å². The zero-order valence-electron chi connectivity index (χ0n) is 19.9. The zero-order valence-corrected chi connectivity index (χ0v) is 19.9. The molecule has 1 aromatic carbocycles. The molecule has 1 amide bonds. The molecule has 1 aromatic heterocycles. The van der Waals surface area contributed by atoms with Crippen molar-refractivity contribution in [3.05, 3.63) is 46.8 Å². The summed E-state index contributed by atoms with van der Waals surface area (Å²) in [6.07, 6.45) is 1.70. The van der Waals surface area contributed by atoms with E-state index in [1.54, 1.807) is 13.2 Å². The van der Waals surface area contributed by atoms with E-state index in [0.29, 0.717) is 11.6 Å². The largest absolute Gasteiger partial charge is 0.497 e. The second-order valence-corrected chi connectivity index (χ2v) is 10.1. The van der Waals surface area contributed by atoms with Crippen molar-refractivity contribution < 1.29 is 14.3 Å². The summed E-state index contributed by atoms with van der Waals surface area (Å²) < 4.78 is 11.6. The van der Waals surface area contributed by atoms with E-state index in [9.17, 15) is 10.1 Å². The van der Waals surface area contributed by atoms with Crippen LogP contribution in [0.4, 0.5) is 10.7 Å². The van der Waals surface area contributed by atoms with Gasteiger partial charge in [-0.25, -0.2) is 14.8 Å². The fraction of sp³-hybridized carbons (Fsp3) is 0.520. The Morgan fingerprint density at radius 1 is 1.24 bits per heavy atom. The van der Waals surface area contributed by atoms with Crippen molar-refractivity contribution in [3.8, 4) is 11.8 Å². The van der Waals surface area contributed by atoms with Crippen LogP contribution in [-0.4, -0.2) is 41.8 Å². The molecule has 0 saturated carbocycles. The number of nitrogens with one attached hydrogen (secondary N) is 1. The molecule has 0 radical (unpaired) electrons. The number of piperidine rings is 1. The molecule has 2 heterocycles. The molecule has 1 atom stereocenters. The van der Waals surface area contributed by atoms with Crippen molar-refractivity contribution in [1.82, 2.24) is 15.3 Å². The summed E-state index contributed by atoms with van der Waals surface area (Å²) in [6, 6.07) is 9.84. The number of alkyl carbamates (subject to hydrolysis) is 1. The minimum absolute atomic E-state index is 0.206. The van der Waals surface area contributed by atoms with Crippen molar-refractivity contribution in [3.63, 3.8) is 0 Å². The third-order valence-electron chi connectivity index (χ3n) is 6.44. The van der Waals surface area contributed by atoms with Crippen LogP contribution < -0.4 is 15.0 Å². The molecular weight excluding hydrogens is 418 g/mol. The minimum atomic E-state index is -0.411. The maximum absolute atomic E-state index is 12.8. The van der Waals surface area contributed by atoms with E-state index in [0.717, 1.165) is 49.4 Å². The fourth-order valence-corrected chi connectivity index (χ4v) is 4.88. The van der Waals surface area contributed by atoms with Gasteiger partial charge in [-0.15, -0.1) is 0 Å². The lowest BCUT2D eigenvalue weighted by Crippen LogP contribution is -2.46. The van der Waals surface area contributed by atoms with Crippen molar-refractivity contribution in [1.29, 1.82) is 5.26 Å². The Bertz CT molecular complexity index is 1090. The highest BCUT2D eigenvalue weighted by Gasteiger charge is 2.50. The van der Waals surface area contributed by atoms with Crippen LogP contribution >= 0.6 is 0 Å². The first kappa shape index (κ1) is 22.8. The molecule has 2 aliphatic rings. The average molecular weight is 450 g/mol. The molecule has 33 heavy (non-hydrogen) atoms. The van der Waals surface area contributed by atoms with Crippen LogP contribution in [0.25, 0.3) is 0 Å². The third-order valence-corrected chi connectivity index (χ3v) is 6.44. The number of hydrogen-bond acceptors (Lipinski definition) is 7. The van der Waals surface area contributed by atoms with Crippen molar-refractivity contribution in [2.24, 2.45) is 5.41 Å². The Hall–Kier alpha value is -3.34. The number of methoxy groups -OCH3 is 1. The first-order valence-corrected chi connectivity index (χ1v) is 11.3. The Kier molecular flexibility index (Phi) is 5.91. The highest BCUT2D eigenvalue weighted by atomic mass is 16.6. The lowest BCUT2D eigenvalue weighted by molar-refractivity contribution is -0.00259. The van der Waals surface area contributed by atoms with Gasteiger partial charge in [-0.1, -0.05) is 6.07 Å². The number of fused-ring (bicyclic) bond motifs is 1. The molecule has 8 nitrogen and oxygen atoms in total. The van der Waals surface area contributed by atoms with Gasteiger partial charge < -0.3 is 19.7 Å². The Balaban J connectivity index is 1.60. The van der Waals surface area contributed by atoms with E-state index in [2.05, 4.69) is 32.3 Å². The standard InChI is InChI=1S/C25H31N5O3/c1-16-12-18(15-26)28-22(27-16)30-10-8-25(9-11-30)14-17-6-7-19(32-5)13-20(17)21(25)33-23(31)29-24(2,3)4/h6-7,12-13,21H,8-11,14H2,1-5H3,(H,29,31)/t21-/m1/s1. The molecule has 1 fully saturated rings. The topological polar surface area (TPSA) is 100 Å². The average Bonchev–Trinajstić information content (AvgIpc) is 3.04. The van der Waals surface area contributed by atoms with Crippen LogP contribution in [0.3, 0.4) is 0 Å². The predicted molar refractivity (Wildman–Crippen MR) is 124 cm³/mol. The quantitative estimate of drug-likeness (QED) is 0.754. The molecule has 0 bridgehead atoms. The summed E-state index contributed by atoms with van der Waals surface area (Å²) in [5.41, 5.74) is 2.77. The normalized spacial score (nSPS) is 19.0. The SMILES string of the molecule is COc1ccc2c(c1)[C@@H](OC(=O)NC(C)(C)C)C1(CCN(c3nc(C)cc(C#N)n3)CC1)C2. The van der Waals surface area contributed by atoms with Gasteiger partial charge in [0.1, 0.15) is 23.6 Å². The summed E-state index contributed by atoms with van der Waals surface area (Å²) in [4.78, 5) is 23.8. The zero-order chi connectivity index (χ0) is 23.8. The molecule has 4 rings (SSSR count). The summed E-state index contributed by atoms with van der Waals surface area (Å²) in [7, 11) is 1.64. The number of anilines is 1. The molecule has 0 unspecified atom stereocenters. The Labute approximate surface area is 194 Å². The van der Waals surface area contributed by atoms with Gasteiger partial charge in [0, 0.05) is 29.7 Å². The Morgan fingerprint density at radius 3 is 2.61 bits per heavy atom. The van der Waals surface area contributed by atoms with Crippen LogP contribution in [-0.2, 0) is 11.2 Å². The highest BCUT2D eigenvalue weighted by molar-refractivity contribution is 5.69.